The van der Waals surface area contributed by atoms with Crippen molar-refractivity contribution in [1.29, 1.82) is 0 Å². The number of nitrogens with one attached hydrogen (secondary N) is 2. The zero-order valence-corrected chi connectivity index (χ0v) is 10.8. The molecule has 0 heterocycles. The van der Waals surface area contributed by atoms with E-state index in [1.807, 2.05) is 6.92 Å². The summed E-state index contributed by atoms with van der Waals surface area (Å²) in [6, 6.07) is 5.16. The van der Waals surface area contributed by atoms with Crippen LogP contribution in [0.5, 0.6) is 0 Å². The van der Waals surface area contributed by atoms with E-state index in [9.17, 15) is 4.79 Å². The Bertz CT molecular complexity index is 383. The van der Waals surface area contributed by atoms with E-state index in [-0.39, 0.29) is 5.91 Å². The van der Waals surface area contributed by atoms with E-state index in [2.05, 4.69) is 10.6 Å². The van der Waals surface area contributed by atoms with Crippen LogP contribution in [0.4, 0.5) is 5.69 Å². The molecule has 1 rings (SSSR count). The normalized spacial score (nSPS) is 10.1. The van der Waals surface area contributed by atoms with Gasteiger partial charge in [-0.05, 0) is 25.1 Å². The van der Waals surface area contributed by atoms with E-state index in [4.69, 9.17) is 16.3 Å². The van der Waals surface area contributed by atoms with Crippen LogP contribution in [-0.2, 0) is 4.74 Å². The lowest BCUT2D eigenvalue weighted by atomic mass is 10.1. The number of hydrogen-bond donors (Lipinski definition) is 2. The molecule has 1 aromatic rings. The Labute approximate surface area is 106 Å². The maximum atomic E-state index is 11.9. The third kappa shape index (κ3) is 4.24. The van der Waals surface area contributed by atoms with Crippen LogP contribution < -0.4 is 10.6 Å². The average molecular weight is 257 g/mol. The first-order chi connectivity index (χ1) is 8.19. The van der Waals surface area contributed by atoms with Gasteiger partial charge in [-0.1, -0.05) is 11.6 Å². The topological polar surface area (TPSA) is 50.4 Å². The second kappa shape index (κ2) is 7.14. The number of rotatable bonds is 6. The van der Waals surface area contributed by atoms with Gasteiger partial charge in [-0.25, -0.2) is 0 Å². The van der Waals surface area contributed by atoms with Crippen molar-refractivity contribution in [1.82, 2.24) is 5.32 Å². The highest BCUT2D eigenvalue weighted by Crippen LogP contribution is 2.19. The van der Waals surface area contributed by atoms with Crippen LogP contribution in [0.2, 0.25) is 5.02 Å². The highest BCUT2D eigenvalue weighted by molar-refractivity contribution is 6.31. The van der Waals surface area contributed by atoms with Crippen LogP contribution in [0.3, 0.4) is 0 Å². The number of anilines is 1. The van der Waals surface area contributed by atoms with Gasteiger partial charge in [0.25, 0.3) is 5.91 Å². The first kappa shape index (κ1) is 13.8. The van der Waals surface area contributed by atoms with Gasteiger partial charge in [-0.2, -0.15) is 0 Å². The number of amides is 1. The summed E-state index contributed by atoms with van der Waals surface area (Å²) in [5.41, 5.74) is 1.29. The van der Waals surface area contributed by atoms with Gasteiger partial charge in [0.15, 0.2) is 0 Å². The Morgan fingerprint density at radius 2 is 2.24 bits per heavy atom. The second-order valence-electron chi connectivity index (χ2n) is 3.39. The van der Waals surface area contributed by atoms with Crippen LogP contribution in [-0.4, -0.2) is 32.7 Å². The third-order valence-electron chi connectivity index (χ3n) is 2.23. The highest BCUT2D eigenvalue weighted by Gasteiger charge is 2.10. The van der Waals surface area contributed by atoms with E-state index < -0.39 is 0 Å². The number of carbonyl (C=O) groups is 1. The third-order valence-corrected chi connectivity index (χ3v) is 2.47. The monoisotopic (exact) mass is 256 g/mol. The molecular formula is C12H17ClN2O2. The molecule has 0 aliphatic carbocycles. The van der Waals surface area contributed by atoms with E-state index in [1.54, 1.807) is 25.2 Å². The summed E-state index contributed by atoms with van der Waals surface area (Å²) >= 11 is 5.87. The fraction of sp³-hybridized carbons (Fsp3) is 0.417. The van der Waals surface area contributed by atoms with Crippen molar-refractivity contribution in [3.8, 4) is 0 Å². The Hall–Kier alpha value is -1.26. The zero-order valence-electron chi connectivity index (χ0n) is 10.0. The lowest BCUT2D eigenvalue weighted by Crippen LogP contribution is -2.27. The first-order valence-corrected chi connectivity index (χ1v) is 5.90. The molecule has 1 amide bonds. The van der Waals surface area contributed by atoms with Gasteiger partial charge in [0.1, 0.15) is 0 Å². The van der Waals surface area contributed by atoms with Gasteiger partial charge in [0.05, 0.1) is 12.2 Å². The molecule has 94 valence electrons. The predicted octanol–water partition coefficient (Wildman–Crippen LogP) is 2.15. The number of benzene rings is 1. The van der Waals surface area contributed by atoms with E-state index in [0.717, 1.165) is 5.69 Å². The molecule has 5 heteroatoms. The largest absolute Gasteiger partial charge is 0.387 e. The molecule has 0 saturated carbocycles. The molecule has 0 spiro atoms. The summed E-state index contributed by atoms with van der Waals surface area (Å²) in [5, 5.41) is 6.27. The fourth-order valence-electron chi connectivity index (χ4n) is 1.40. The Morgan fingerprint density at radius 3 is 2.88 bits per heavy atom. The van der Waals surface area contributed by atoms with Gasteiger partial charge >= 0.3 is 0 Å². The van der Waals surface area contributed by atoms with Crippen LogP contribution in [0, 0.1) is 0 Å². The van der Waals surface area contributed by atoms with Crippen molar-refractivity contribution < 1.29 is 9.53 Å². The number of ether oxygens (including phenoxy) is 1. The van der Waals surface area contributed by atoms with E-state index >= 15 is 0 Å². The zero-order chi connectivity index (χ0) is 12.7. The minimum Gasteiger partial charge on any atom is -0.387 e. The van der Waals surface area contributed by atoms with Gasteiger partial charge < -0.3 is 15.4 Å². The van der Waals surface area contributed by atoms with Crippen LogP contribution in [0.1, 0.15) is 17.3 Å². The molecule has 0 aliphatic heterocycles. The summed E-state index contributed by atoms with van der Waals surface area (Å²) in [7, 11) is 1.76. The lowest BCUT2D eigenvalue weighted by Gasteiger charge is -2.10. The van der Waals surface area contributed by atoms with Gasteiger partial charge in [0.2, 0.25) is 0 Å². The number of halogens is 1. The molecule has 0 bridgehead atoms. The van der Waals surface area contributed by atoms with Crippen LogP contribution >= 0.6 is 11.6 Å². The quantitative estimate of drug-likeness (QED) is 0.767. The second-order valence-corrected chi connectivity index (χ2v) is 3.83. The maximum absolute atomic E-state index is 11.9. The molecule has 17 heavy (non-hydrogen) atoms. The first-order valence-electron chi connectivity index (χ1n) is 5.52. The molecule has 4 nitrogen and oxygen atoms in total. The van der Waals surface area contributed by atoms with Gasteiger partial charge in [0, 0.05) is 30.9 Å². The van der Waals surface area contributed by atoms with Crippen molar-refractivity contribution in [2.24, 2.45) is 0 Å². The molecule has 2 N–H and O–H groups in total. The molecule has 0 fully saturated rings. The minimum atomic E-state index is -0.156. The summed E-state index contributed by atoms with van der Waals surface area (Å²) in [5.74, 6) is -0.156. The van der Waals surface area contributed by atoms with Gasteiger partial charge in [-0.3, -0.25) is 4.79 Å². The highest BCUT2D eigenvalue weighted by atomic mass is 35.5. The minimum absolute atomic E-state index is 0.156. The Balaban J connectivity index is 2.64. The van der Waals surface area contributed by atoms with Crippen molar-refractivity contribution in [2.75, 3.05) is 32.1 Å². The van der Waals surface area contributed by atoms with Crippen molar-refractivity contribution in [2.45, 2.75) is 6.92 Å². The van der Waals surface area contributed by atoms with Gasteiger partial charge in [-0.15, -0.1) is 0 Å². The molecule has 0 aromatic heterocycles. The summed E-state index contributed by atoms with van der Waals surface area (Å²) in [4.78, 5) is 11.9. The van der Waals surface area contributed by atoms with Crippen LogP contribution in [0.25, 0.3) is 0 Å². The SMILES string of the molecule is CCOCCNC(=O)c1cc(Cl)ccc1NC. The smallest absolute Gasteiger partial charge is 0.253 e. The summed E-state index contributed by atoms with van der Waals surface area (Å²) in [6.07, 6.45) is 0. The van der Waals surface area contributed by atoms with Crippen LogP contribution in [0.15, 0.2) is 18.2 Å². The molecule has 0 unspecified atom stereocenters. The fourth-order valence-corrected chi connectivity index (χ4v) is 1.57. The standard InChI is InChI=1S/C12H17ClN2O2/c1-3-17-7-6-15-12(16)10-8-9(13)4-5-11(10)14-2/h4-5,8,14H,3,6-7H2,1-2H3,(H,15,16). The maximum Gasteiger partial charge on any atom is 0.253 e. The number of hydrogen-bond acceptors (Lipinski definition) is 3. The van der Waals surface area contributed by atoms with Crippen molar-refractivity contribution in [3.05, 3.63) is 28.8 Å². The summed E-state index contributed by atoms with van der Waals surface area (Å²) < 4.78 is 5.14. The molecule has 1 aromatic carbocycles. The van der Waals surface area contributed by atoms with Crippen molar-refractivity contribution >= 4 is 23.2 Å². The predicted molar refractivity (Wildman–Crippen MR) is 69.8 cm³/mol. The average Bonchev–Trinajstić information content (AvgIpc) is 2.34. The molecule has 0 radical (unpaired) electrons. The van der Waals surface area contributed by atoms with E-state index in [1.165, 1.54) is 0 Å². The molecular weight excluding hydrogens is 240 g/mol. The van der Waals surface area contributed by atoms with E-state index in [0.29, 0.717) is 30.3 Å². The lowest BCUT2D eigenvalue weighted by molar-refractivity contribution is 0.0923. The number of carbonyl (C=O) groups excluding carboxylic acids is 1. The molecule has 0 saturated heterocycles. The molecule has 0 atom stereocenters. The molecule has 0 aliphatic rings. The van der Waals surface area contributed by atoms with Crippen molar-refractivity contribution in [3.63, 3.8) is 0 Å². The summed E-state index contributed by atoms with van der Waals surface area (Å²) in [6.45, 7) is 3.56. The Morgan fingerprint density at radius 1 is 1.47 bits per heavy atom. The Kier molecular flexibility index (Phi) is 5.80.